The molecule has 0 saturated carbocycles. The van der Waals surface area contributed by atoms with Gasteiger partial charge in [0.1, 0.15) is 11.2 Å². The summed E-state index contributed by atoms with van der Waals surface area (Å²) in [6.07, 6.45) is 0. The third-order valence-electron chi connectivity index (χ3n) is 11.5. The van der Waals surface area contributed by atoms with Gasteiger partial charge < -0.3 is 4.42 Å². The van der Waals surface area contributed by atoms with Crippen molar-refractivity contribution in [2.45, 2.75) is 0 Å². The Morgan fingerprint density at radius 2 is 0.825 bits per heavy atom. The van der Waals surface area contributed by atoms with Crippen molar-refractivity contribution in [1.29, 1.82) is 0 Å². The average Bonchev–Trinajstić information content (AvgIpc) is 3.65. The summed E-state index contributed by atoms with van der Waals surface area (Å²) in [6.45, 7) is 0. The zero-order chi connectivity index (χ0) is 37.5. The smallest absolute Gasteiger partial charge is 0.164 e. The highest BCUT2D eigenvalue weighted by Crippen LogP contribution is 2.42. The number of fused-ring (bicyclic) bond motifs is 9. The largest absolute Gasteiger partial charge is 0.456 e. The second-order valence-corrected chi connectivity index (χ2v) is 14.8. The van der Waals surface area contributed by atoms with E-state index in [4.69, 9.17) is 19.4 Å². The molecule has 2 heterocycles. The number of hydrogen-bond acceptors (Lipinski definition) is 4. The van der Waals surface area contributed by atoms with Gasteiger partial charge in [-0.2, -0.15) is 0 Å². The lowest BCUT2D eigenvalue weighted by Crippen LogP contribution is -2.01. The summed E-state index contributed by atoms with van der Waals surface area (Å²) in [7, 11) is 0. The van der Waals surface area contributed by atoms with E-state index in [1.807, 2.05) is 0 Å². The molecule has 12 aromatic rings. The van der Waals surface area contributed by atoms with Crippen molar-refractivity contribution in [3.8, 4) is 45.3 Å². The highest BCUT2D eigenvalue weighted by atomic mass is 16.3. The summed E-state index contributed by atoms with van der Waals surface area (Å²) in [5.74, 6) is 1.89. The molecule has 10 aromatic carbocycles. The zero-order valence-electron chi connectivity index (χ0n) is 30.6. The molecule has 0 aliphatic rings. The van der Waals surface area contributed by atoms with Crippen LogP contribution in [0, 0.1) is 0 Å². The molecule has 0 atom stereocenters. The molecule has 2 aromatic heterocycles. The molecular weight excluding hydrogens is 695 g/mol. The Kier molecular flexibility index (Phi) is 6.89. The monoisotopic (exact) mass is 725 g/mol. The fourth-order valence-corrected chi connectivity index (χ4v) is 8.70. The van der Waals surface area contributed by atoms with E-state index < -0.39 is 0 Å². The Labute approximate surface area is 327 Å². The summed E-state index contributed by atoms with van der Waals surface area (Å²) in [5, 5.41) is 13.9. The molecule has 0 saturated heterocycles. The molecule has 0 aliphatic carbocycles. The van der Waals surface area contributed by atoms with Crippen LogP contribution in [0.5, 0.6) is 0 Å². The van der Waals surface area contributed by atoms with Gasteiger partial charge in [0.05, 0.1) is 0 Å². The van der Waals surface area contributed by atoms with Gasteiger partial charge >= 0.3 is 0 Å². The minimum Gasteiger partial charge on any atom is -0.456 e. The third kappa shape index (κ3) is 5.12. The average molecular weight is 726 g/mol. The van der Waals surface area contributed by atoms with Gasteiger partial charge in [-0.05, 0) is 101 Å². The number of nitrogens with zero attached hydrogens (tertiary/aromatic N) is 3. The van der Waals surface area contributed by atoms with Gasteiger partial charge in [0.25, 0.3) is 0 Å². The zero-order valence-corrected chi connectivity index (χ0v) is 30.6. The van der Waals surface area contributed by atoms with Gasteiger partial charge in [0.15, 0.2) is 17.5 Å². The van der Waals surface area contributed by atoms with Crippen LogP contribution in [0.4, 0.5) is 0 Å². The van der Waals surface area contributed by atoms with Crippen molar-refractivity contribution in [2.75, 3.05) is 0 Å². The van der Waals surface area contributed by atoms with Crippen LogP contribution in [0.1, 0.15) is 0 Å². The SMILES string of the molecule is c1ccc2cc(-c3nc(-c4ccc5c(ccc6ccccc65)c4)nc(-c4ccc(-c5cccc6oc7cc8ccccc8cc7c56)c5ccccc45)n3)ccc2c1. The molecule has 0 spiro atoms. The Morgan fingerprint density at radius 3 is 1.61 bits per heavy atom. The number of benzene rings is 10. The van der Waals surface area contributed by atoms with Crippen LogP contribution in [0.3, 0.4) is 0 Å². The lowest BCUT2D eigenvalue weighted by atomic mass is 9.92. The maximum absolute atomic E-state index is 6.49. The first kappa shape index (κ1) is 31.6. The Morgan fingerprint density at radius 1 is 0.281 bits per heavy atom. The summed E-state index contributed by atoms with van der Waals surface area (Å²) >= 11 is 0. The highest BCUT2D eigenvalue weighted by Gasteiger charge is 2.19. The predicted octanol–water partition coefficient (Wildman–Crippen LogP) is 14.2. The lowest BCUT2D eigenvalue weighted by molar-refractivity contribution is 0.669. The van der Waals surface area contributed by atoms with Gasteiger partial charge in [-0.15, -0.1) is 0 Å². The van der Waals surface area contributed by atoms with E-state index in [1.165, 1.54) is 26.9 Å². The molecule has 0 fully saturated rings. The van der Waals surface area contributed by atoms with Crippen molar-refractivity contribution < 1.29 is 4.42 Å². The fourth-order valence-electron chi connectivity index (χ4n) is 8.70. The Hall–Kier alpha value is -7.69. The number of aromatic nitrogens is 3. The maximum atomic E-state index is 6.49. The molecule has 0 N–H and O–H groups in total. The Balaban J connectivity index is 1.07. The first-order valence-corrected chi connectivity index (χ1v) is 19.3. The van der Waals surface area contributed by atoms with E-state index in [9.17, 15) is 0 Å². The first-order valence-electron chi connectivity index (χ1n) is 19.3. The quantitative estimate of drug-likeness (QED) is 0.170. The Bertz CT molecular complexity index is 3600. The van der Waals surface area contributed by atoms with Crippen LogP contribution in [-0.2, 0) is 0 Å². The molecule has 12 rings (SSSR count). The van der Waals surface area contributed by atoms with Crippen molar-refractivity contribution in [1.82, 2.24) is 15.0 Å². The highest BCUT2D eigenvalue weighted by molar-refractivity contribution is 6.18. The summed E-state index contributed by atoms with van der Waals surface area (Å²) in [6, 6.07) is 66.4. The van der Waals surface area contributed by atoms with Gasteiger partial charge in [0, 0.05) is 27.5 Å². The normalized spacial score (nSPS) is 11.9. The van der Waals surface area contributed by atoms with Crippen LogP contribution in [-0.4, -0.2) is 15.0 Å². The molecule has 0 radical (unpaired) electrons. The molecular formula is C53H31N3O. The molecule has 0 aliphatic heterocycles. The third-order valence-corrected chi connectivity index (χ3v) is 11.5. The van der Waals surface area contributed by atoms with Crippen LogP contribution in [0.25, 0.3) is 121 Å². The van der Waals surface area contributed by atoms with E-state index in [1.54, 1.807) is 0 Å². The van der Waals surface area contributed by atoms with Crippen LogP contribution >= 0.6 is 0 Å². The van der Waals surface area contributed by atoms with E-state index in [-0.39, 0.29) is 0 Å². The fraction of sp³-hybridized carbons (Fsp3) is 0. The minimum absolute atomic E-state index is 0.628. The van der Waals surface area contributed by atoms with Crippen LogP contribution < -0.4 is 0 Å². The molecule has 0 amide bonds. The van der Waals surface area contributed by atoms with Crippen molar-refractivity contribution in [3.05, 3.63) is 188 Å². The van der Waals surface area contributed by atoms with E-state index in [2.05, 4.69) is 188 Å². The van der Waals surface area contributed by atoms with Crippen molar-refractivity contribution in [2.24, 2.45) is 0 Å². The molecule has 4 heteroatoms. The van der Waals surface area contributed by atoms with Crippen molar-refractivity contribution in [3.63, 3.8) is 0 Å². The molecule has 4 nitrogen and oxygen atoms in total. The van der Waals surface area contributed by atoms with Crippen LogP contribution in [0.2, 0.25) is 0 Å². The molecule has 0 unspecified atom stereocenters. The van der Waals surface area contributed by atoms with Crippen molar-refractivity contribution >= 4 is 75.8 Å². The maximum Gasteiger partial charge on any atom is 0.164 e. The number of furan rings is 1. The molecule has 0 bridgehead atoms. The summed E-state index contributed by atoms with van der Waals surface area (Å²) < 4.78 is 6.49. The topological polar surface area (TPSA) is 51.8 Å². The summed E-state index contributed by atoms with van der Waals surface area (Å²) in [5.41, 5.74) is 6.84. The van der Waals surface area contributed by atoms with E-state index in [0.29, 0.717) is 17.5 Å². The second kappa shape index (κ2) is 12.4. The molecule has 264 valence electrons. The van der Waals surface area contributed by atoms with Gasteiger partial charge in [-0.3, -0.25) is 0 Å². The summed E-state index contributed by atoms with van der Waals surface area (Å²) in [4.78, 5) is 15.7. The second-order valence-electron chi connectivity index (χ2n) is 14.8. The first-order chi connectivity index (χ1) is 28.2. The van der Waals surface area contributed by atoms with E-state index >= 15 is 0 Å². The van der Waals surface area contributed by atoms with E-state index in [0.717, 1.165) is 76.7 Å². The van der Waals surface area contributed by atoms with Gasteiger partial charge in [-0.1, -0.05) is 152 Å². The van der Waals surface area contributed by atoms with Gasteiger partial charge in [0.2, 0.25) is 0 Å². The van der Waals surface area contributed by atoms with Crippen LogP contribution in [0.15, 0.2) is 192 Å². The standard InChI is InChI=1S/C53H31N3O/c1-2-12-34-28-38(23-20-32(34)10-1)51-54-52(39-24-25-41-37(29-39)22-21-33-11-5-6-15-40(33)41)56-53(55-51)46-27-26-44(42-16-7-8-17-43(42)46)45-18-9-19-48-50(45)47-30-35-13-3-4-14-36(35)31-49(47)57-48/h1-31H. The number of rotatable bonds is 4. The predicted molar refractivity (Wildman–Crippen MR) is 236 cm³/mol. The van der Waals surface area contributed by atoms with Gasteiger partial charge in [-0.25, -0.2) is 15.0 Å². The molecule has 57 heavy (non-hydrogen) atoms. The number of hydrogen-bond donors (Lipinski definition) is 0. The minimum atomic E-state index is 0.628. The lowest BCUT2D eigenvalue weighted by Gasteiger charge is -2.14.